The largest absolute Gasteiger partial charge is 0.315 e. The summed E-state index contributed by atoms with van der Waals surface area (Å²) in [5.74, 6) is 1.66. The second-order valence-corrected chi connectivity index (χ2v) is 7.44. The van der Waals surface area contributed by atoms with Crippen molar-refractivity contribution < 1.29 is 0 Å². The van der Waals surface area contributed by atoms with E-state index < -0.39 is 0 Å². The Bertz CT molecular complexity index is 275. The standard InChI is InChI=1S/C15H27NS/c1-12-7-13(2)9-14(8-12)10-16-11-15(17-3)5-4-6-15/h7,12,14,16H,4-6,8-11H2,1-3H3. The van der Waals surface area contributed by atoms with Crippen LogP contribution >= 0.6 is 11.8 Å². The molecular weight excluding hydrogens is 226 g/mol. The van der Waals surface area contributed by atoms with Gasteiger partial charge in [0.2, 0.25) is 0 Å². The smallest absolute Gasteiger partial charge is 0.0281 e. The molecule has 2 unspecified atom stereocenters. The molecule has 17 heavy (non-hydrogen) atoms. The quantitative estimate of drug-likeness (QED) is 0.747. The van der Waals surface area contributed by atoms with Gasteiger partial charge in [-0.05, 0) is 57.2 Å². The third-order valence-corrected chi connectivity index (χ3v) is 5.88. The van der Waals surface area contributed by atoms with Crippen molar-refractivity contribution in [2.45, 2.75) is 50.7 Å². The maximum Gasteiger partial charge on any atom is 0.0281 e. The van der Waals surface area contributed by atoms with Crippen LogP contribution in [0.2, 0.25) is 0 Å². The Balaban J connectivity index is 1.70. The van der Waals surface area contributed by atoms with Crippen molar-refractivity contribution in [2.24, 2.45) is 11.8 Å². The van der Waals surface area contributed by atoms with E-state index in [9.17, 15) is 0 Å². The van der Waals surface area contributed by atoms with Gasteiger partial charge in [0.05, 0.1) is 0 Å². The summed E-state index contributed by atoms with van der Waals surface area (Å²) in [6.07, 6.45) is 11.7. The molecule has 2 heteroatoms. The van der Waals surface area contributed by atoms with Gasteiger partial charge in [-0.1, -0.05) is 25.0 Å². The number of nitrogens with one attached hydrogen (secondary N) is 1. The van der Waals surface area contributed by atoms with E-state index in [1.807, 2.05) is 0 Å². The fourth-order valence-corrected chi connectivity index (χ4v) is 4.31. The normalized spacial score (nSPS) is 31.8. The fraction of sp³-hybridized carbons (Fsp3) is 0.867. The molecule has 2 atom stereocenters. The lowest BCUT2D eigenvalue weighted by Crippen LogP contribution is -2.44. The minimum atomic E-state index is 0.588. The van der Waals surface area contributed by atoms with Crippen molar-refractivity contribution in [3.05, 3.63) is 11.6 Å². The Morgan fingerprint density at radius 1 is 1.47 bits per heavy atom. The number of thioether (sulfide) groups is 1. The molecule has 98 valence electrons. The van der Waals surface area contributed by atoms with Gasteiger partial charge in [-0.15, -0.1) is 0 Å². The highest BCUT2D eigenvalue weighted by Crippen LogP contribution is 2.42. The zero-order valence-corrected chi connectivity index (χ0v) is 12.4. The second kappa shape index (κ2) is 5.79. The number of hydrogen-bond donors (Lipinski definition) is 1. The monoisotopic (exact) mass is 253 g/mol. The van der Waals surface area contributed by atoms with Crippen molar-refractivity contribution in [1.82, 2.24) is 5.32 Å². The van der Waals surface area contributed by atoms with Crippen LogP contribution in [0, 0.1) is 11.8 Å². The van der Waals surface area contributed by atoms with Crippen LogP contribution in [0.5, 0.6) is 0 Å². The average Bonchev–Trinajstić information content (AvgIpc) is 2.20. The molecule has 0 aromatic rings. The number of hydrogen-bond acceptors (Lipinski definition) is 2. The lowest BCUT2D eigenvalue weighted by Gasteiger charge is -2.41. The predicted octanol–water partition coefficient (Wildman–Crippen LogP) is 3.85. The van der Waals surface area contributed by atoms with Gasteiger partial charge in [0.15, 0.2) is 0 Å². The van der Waals surface area contributed by atoms with Crippen LogP contribution in [0.4, 0.5) is 0 Å². The first-order valence-electron chi connectivity index (χ1n) is 7.07. The summed E-state index contributed by atoms with van der Waals surface area (Å²) in [5, 5.41) is 3.74. The van der Waals surface area contributed by atoms with Crippen molar-refractivity contribution in [1.29, 1.82) is 0 Å². The van der Waals surface area contributed by atoms with Gasteiger partial charge in [0.1, 0.15) is 0 Å². The predicted molar refractivity (Wildman–Crippen MR) is 78.6 cm³/mol. The maximum atomic E-state index is 3.74. The van der Waals surface area contributed by atoms with E-state index in [4.69, 9.17) is 0 Å². The summed E-state index contributed by atoms with van der Waals surface area (Å²) in [4.78, 5) is 0. The van der Waals surface area contributed by atoms with E-state index in [2.05, 4.69) is 43.3 Å². The SMILES string of the molecule is CSC1(CNCC2CC(C)=CC(C)C2)CCC1. The first-order valence-corrected chi connectivity index (χ1v) is 8.29. The van der Waals surface area contributed by atoms with Gasteiger partial charge in [-0.25, -0.2) is 0 Å². The summed E-state index contributed by atoms with van der Waals surface area (Å²) < 4.78 is 0.588. The van der Waals surface area contributed by atoms with E-state index in [0.29, 0.717) is 4.75 Å². The molecular formula is C15H27NS. The highest BCUT2D eigenvalue weighted by atomic mass is 32.2. The van der Waals surface area contributed by atoms with E-state index >= 15 is 0 Å². The average molecular weight is 253 g/mol. The Morgan fingerprint density at radius 2 is 2.24 bits per heavy atom. The minimum absolute atomic E-state index is 0.588. The lowest BCUT2D eigenvalue weighted by atomic mass is 9.82. The van der Waals surface area contributed by atoms with Gasteiger partial charge in [0.25, 0.3) is 0 Å². The first kappa shape index (κ1) is 13.5. The summed E-state index contributed by atoms with van der Waals surface area (Å²) in [6.45, 7) is 7.09. The Kier molecular flexibility index (Phi) is 4.59. The van der Waals surface area contributed by atoms with Crippen LogP contribution in [0.25, 0.3) is 0 Å². The Hall–Kier alpha value is 0.0500. The molecule has 2 rings (SSSR count). The van der Waals surface area contributed by atoms with E-state index in [1.54, 1.807) is 5.57 Å². The molecule has 0 spiro atoms. The van der Waals surface area contributed by atoms with Crippen LogP contribution in [-0.2, 0) is 0 Å². The van der Waals surface area contributed by atoms with Gasteiger partial charge >= 0.3 is 0 Å². The molecule has 1 saturated carbocycles. The van der Waals surface area contributed by atoms with Crippen molar-refractivity contribution in [2.75, 3.05) is 19.3 Å². The molecule has 0 aromatic carbocycles. The molecule has 0 aromatic heterocycles. The van der Waals surface area contributed by atoms with Crippen molar-refractivity contribution in [3.63, 3.8) is 0 Å². The molecule has 2 aliphatic rings. The summed E-state index contributed by atoms with van der Waals surface area (Å²) in [7, 11) is 0. The Labute approximate surface area is 111 Å². The number of allylic oxidation sites excluding steroid dienone is 2. The number of rotatable bonds is 5. The van der Waals surface area contributed by atoms with Gasteiger partial charge in [-0.3, -0.25) is 0 Å². The van der Waals surface area contributed by atoms with Crippen LogP contribution in [-0.4, -0.2) is 24.1 Å². The van der Waals surface area contributed by atoms with Gasteiger partial charge in [0, 0.05) is 11.3 Å². The molecule has 0 heterocycles. The highest BCUT2D eigenvalue weighted by molar-refractivity contribution is 8.00. The molecule has 0 amide bonds. The van der Waals surface area contributed by atoms with Crippen LogP contribution in [0.3, 0.4) is 0 Å². The van der Waals surface area contributed by atoms with E-state index in [1.165, 1.54) is 45.2 Å². The Morgan fingerprint density at radius 3 is 2.76 bits per heavy atom. The molecule has 0 radical (unpaired) electrons. The first-order chi connectivity index (χ1) is 8.13. The molecule has 1 nitrogen and oxygen atoms in total. The van der Waals surface area contributed by atoms with E-state index in [-0.39, 0.29) is 0 Å². The minimum Gasteiger partial charge on any atom is -0.315 e. The van der Waals surface area contributed by atoms with Gasteiger partial charge in [-0.2, -0.15) is 11.8 Å². The van der Waals surface area contributed by atoms with Crippen LogP contribution in [0.1, 0.15) is 46.0 Å². The lowest BCUT2D eigenvalue weighted by molar-refractivity contribution is 0.320. The molecule has 0 saturated heterocycles. The topological polar surface area (TPSA) is 12.0 Å². The van der Waals surface area contributed by atoms with E-state index in [0.717, 1.165) is 11.8 Å². The molecule has 2 aliphatic carbocycles. The zero-order valence-electron chi connectivity index (χ0n) is 11.6. The van der Waals surface area contributed by atoms with Crippen LogP contribution < -0.4 is 5.32 Å². The van der Waals surface area contributed by atoms with Crippen molar-refractivity contribution >= 4 is 11.8 Å². The van der Waals surface area contributed by atoms with Gasteiger partial charge < -0.3 is 5.32 Å². The van der Waals surface area contributed by atoms with Crippen LogP contribution in [0.15, 0.2) is 11.6 Å². The highest BCUT2D eigenvalue weighted by Gasteiger charge is 2.35. The second-order valence-electron chi connectivity index (χ2n) is 6.17. The molecule has 0 aliphatic heterocycles. The fourth-order valence-electron chi connectivity index (χ4n) is 3.37. The summed E-state index contributed by atoms with van der Waals surface area (Å²) >= 11 is 2.07. The molecule has 1 fully saturated rings. The third kappa shape index (κ3) is 3.51. The zero-order chi connectivity index (χ0) is 12.3. The maximum absolute atomic E-state index is 3.74. The summed E-state index contributed by atoms with van der Waals surface area (Å²) in [5.41, 5.74) is 1.60. The third-order valence-electron chi connectivity index (χ3n) is 4.46. The van der Waals surface area contributed by atoms with Crippen molar-refractivity contribution in [3.8, 4) is 0 Å². The molecule has 0 bridgehead atoms. The molecule has 1 N–H and O–H groups in total. The summed E-state index contributed by atoms with van der Waals surface area (Å²) in [6, 6.07) is 0.